The number of aryl methyl sites for hydroxylation is 1. The number of hydrogen-bond donors (Lipinski definition) is 1. The van der Waals surface area contributed by atoms with Crippen LogP contribution in [0.1, 0.15) is 76.6 Å². The van der Waals surface area contributed by atoms with E-state index in [1.165, 1.54) is 17.7 Å². The van der Waals surface area contributed by atoms with Gasteiger partial charge in [0.15, 0.2) is 0 Å². The fraction of sp³-hybridized carbons (Fsp3) is 0.423. The number of para-hydroxylation sites is 1. The molecule has 0 radical (unpaired) electrons. The van der Waals surface area contributed by atoms with Gasteiger partial charge in [-0.2, -0.15) is 5.10 Å². The van der Waals surface area contributed by atoms with Crippen molar-refractivity contribution < 1.29 is 4.74 Å². The number of ether oxygens (including phenoxy) is 1. The normalized spacial score (nSPS) is 12.2. The molecule has 3 rings (SSSR count). The molecule has 4 heteroatoms. The van der Waals surface area contributed by atoms with E-state index in [1.807, 2.05) is 36.5 Å². The van der Waals surface area contributed by atoms with E-state index in [0.717, 1.165) is 43.0 Å². The Balaban J connectivity index is 1.77. The topological polar surface area (TPSA) is 39.1 Å². The van der Waals surface area contributed by atoms with Crippen molar-refractivity contribution >= 4 is 5.69 Å². The van der Waals surface area contributed by atoms with E-state index in [4.69, 9.17) is 4.74 Å². The minimum absolute atomic E-state index is 0.252. The molecule has 160 valence electrons. The largest absolute Gasteiger partial charge is 0.457 e. The van der Waals surface area contributed by atoms with Crippen molar-refractivity contribution in [3.05, 3.63) is 72.1 Å². The van der Waals surface area contributed by atoms with Gasteiger partial charge in [0.25, 0.3) is 0 Å². The van der Waals surface area contributed by atoms with Gasteiger partial charge in [-0.1, -0.05) is 70.9 Å². The van der Waals surface area contributed by atoms with Gasteiger partial charge in [-0.05, 0) is 48.6 Å². The number of hydrogen-bond acceptors (Lipinski definition) is 3. The van der Waals surface area contributed by atoms with Crippen LogP contribution >= 0.6 is 0 Å². The molecule has 4 nitrogen and oxygen atoms in total. The number of aromatic nitrogens is 2. The fourth-order valence-corrected chi connectivity index (χ4v) is 3.79. The van der Waals surface area contributed by atoms with Crippen LogP contribution < -0.4 is 10.1 Å². The third-order valence-corrected chi connectivity index (χ3v) is 5.32. The molecule has 0 aliphatic carbocycles. The highest BCUT2D eigenvalue weighted by atomic mass is 16.5. The van der Waals surface area contributed by atoms with Crippen LogP contribution in [-0.2, 0) is 6.54 Å². The van der Waals surface area contributed by atoms with Crippen LogP contribution in [0.5, 0.6) is 11.5 Å². The van der Waals surface area contributed by atoms with Crippen molar-refractivity contribution in [2.75, 3.05) is 5.32 Å². The van der Waals surface area contributed by atoms with Crippen LogP contribution in [-0.4, -0.2) is 9.78 Å². The summed E-state index contributed by atoms with van der Waals surface area (Å²) < 4.78 is 8.13. The fourth-order valence-electron chi connectivity index (χ4n) is 3.79. The predicted octanol–water partition coefficient (Wildman–Crippen LogP) is 7.55. The first-order valence-corrected chi connectivity index (χ1v) is 11.3. The maximum absolute atomic E-state index is 5.95. The first kappa shape index (κ1) is 21.9. The standard InChI is InChI=1S/C26H35N3O/c1-5-7-18-29-26(20(3)4)25(19-27-29)28-24(11-6-2)21-14-16-23(17-15-21)30-22-12-9-8-10-13-22/h8-10,12-17,19-20,24,28H,5-7,11,18H2,1-4H3. The van der Waals surface area contributed by atoms with E-state index >= 15 is 0 Å². The second-order valence-corrected chi connectivity index (χ2v) is 8.14. The van der Waals surface area contributed by atoms with Gasteiger partial charge >= 0.3 is 0 Å². The molecule has 0 aliphatic rings. The molecule has 1 atom stereocenters. The Morgan fingerprint density at radius 3 is 2.27 bits per heavy atom. The highest BCUT2D eigenvalue weighted by Gasteiger charge is 2.18. The van der Waals surface area contributed by atoms with Crippen molar-refractivity contribution in [1.29, 1.82) is 0 Å². The highest BCUT2D eigenvalue weighted by Crippen LogP contribution is 2.31. The SMILES string of the molecule is CCCCn1ncc(NC(CCC)c2ccc(Oc3ccccc3)cc2)c1C(C)C. The first-order chi connectivity index (χ1) is 14.6. The molecule has 0 fully saturated rings. The molecule has 0 bridgehead atoms. The summed E-state index contributed by atoms with van der Waals surface area (Å²) in [5, 5.41) is 8.46. The summed E-state index contributed by atoms with van der Waals surface area (Å²) in [6.45, 7) is 9.93. The number of nitrogens with zero attached hydrogens (tertiary/aromatic N) is 2. The lowest BCUT2D eigenvalue weighted by Crippen LogP contribution is -2.13. The van der Waals surface area contributed by atoms with Crippen molar-refractivity contribution in [2.24, 2.45) is 0 Å². The number of unbranched alkanes of at least 4 members (excludes halogenated alkanes) is 1. The summed E-state index contributed by atoms with van der Waals surface area (Å²) in [4.78, 5) is 0. The van der Waals surface area contributed by atoms with E-state index in [9.17, 15) is 0 Å². The number of benzene rings is 2. The van der Waals surface area contributed by atoms with Crippen molar-refractivity contribution in [1.82, 2.24) is 9.78 Å². The van der Waals surface area contributed by atoms with Crippen LogP contribution in [0.3, 0.4) is 0 Å². The first-order valence-electron chi connectivity index (χ1n) is 11.3. The minimum Gasteiger partial charge on any atom is -0.457 e. The molecule has 0 saturated carbocycles. The molecule has 3 aromatic rings. The van der Waals surface area contributed by atoms with E-state index in [2.05, 4.69) is 67.1 Å². The number of nitrogens with one attached hydrogen (secondary N) is 1. The molecule has 1 unspecified atom stereocenters. The molecule has 0 spiro atoms. The molecule has 1 N–H and O–H groups in total. The Hall–Kier alpha value is -2.75. The van der Waals surface area contributed by atoms with E-state index in [0.29, 0.717) is 5.92 Å². The van der Waals surface area contributed by atoms with Gasteiger partial charge in [-0.25, -0.2) is 0 Å². The van der Waals surface area contributed by atoms with Gasteiger partial charge in [-0.15, -0.1) is 0 Å². The molecule has 0 saturated heterocycles. The predicted molar refractivity (Wildman–Crippen MR) is 125 cm³/mol. The molecule has 0 aliphatic heterocycles. The maximum Gasteiger partial charge on any atom is 0.127 e. The summed E-state index contributed by atoms with van der Waals surface area (Å²) in [5.74, 6) is 2.14. The third-order valence-electron chi connectivity index (χ3n) is 5.32. The van der Waals surface area contributed by atoms with Gasteiger partial charge in [-0.3, -0.25) is 4.68 Å². The van der Waals surface area contributed by atoms with Crippen LogP contribution in [0, 0.1) is 0 Å². The second-order valence-electron chi connectivity index (χ2n) is 8.14. The Labute approximate surface area is 181 Å². The highest BCUT2D eigenvalue weighted by molar-refractivity contribution is 5.50. The summed E-state index contributed by atoms with van der Waals surface area (Å²) in [5.41, 5.74) is 3.73. The van der Waals surface area contributed by atoms with Gasteiger partial charge in [0, 0.05) is 6.54 Å². The summed E-state index contributed by atoms with van der Waals surface area (Å²) in [6, 6.07) is 18.6. The number of anilines is 1. The Kier molecular flexibility index (Phi) is 7.95. The van der Waals surface area contributed by atoms with Crippen LogP contribution in [0.15, 0.2) is 60.8 Å². The van der Waals surface area contributed by atoms with Crippen molar-refractivity contribution in [3.8, 4) is 11.5 Å². The average Bonchev–Trinajstić information content (AvgIpc) is 3.16. The lowest BCUT2D eigenvalue weighted by molar-refractivity contribution is 0.482. The molecule has 2 aromatic carbocycles. The summed E-state index contributed by atoms with van der Waals surface area (Å²) in [6.07, 6.45) is 6.51. The van der Waals surface area contributed by atoms with Crippen LogP contribution in [0.25, 0.3) is 0 Å². The zero-order valence-electron chi connectivity index (χ0n) is 18.8. The van der Waals surface area contributed by atoms with Crippen LogP contribution in [0.2, 0.25) is 0 Å². The smallest absolute Gasteiger partial charge is 0.127 e. The molecule has 1 heterocycles. The third kappa shape index (κ3) is 5.65. The molecule has 30 heavy (non-hydrogen) atoms. The minimum atomic E-state index is 0.252. The molecular formula is C26H35N3O. The van der Waals surface area contributed by atoms with E-state index in [-0.39, 0.29) is 6.04 Å². The van der Waals surface area contributed by atoms with Gasteiger partial charge in [0.1, 0.15) is 11.5 Å². The van der Waals surface area contributed by atoms with Gasteiger partial charge in [0.05, 0.1) is 23.6 Å². The summed E-state index contributed by atoms with van der Waals surface area (Å²) >= 11 is 0. The summed E-state index contributed by atoms with van der Waals surface area (Å²) in [7, 11) is 0. The van der Waals surface area contributed by atoms with Crippen molar-refractivity contribution in [3.63, 3.8) is 0 Å². The maximum atomic E-state index is 5.95. The zero-order valence-corrected chi connectivity index (χ0v) is 18.8. The van der Waals surface area contributed by atoms with Crippen LogP contribution in [0.4, 0.5) is 5.69 Å². The van der Waals surface area contributed by atoms with Crippen molar-refractivity contribution in [2.45, 2.75) is 71.9 Å². The molecule has 1 aromatic heterocycles. The lowest BCUT2D eigenvalue weighted by Gasteiger charge is -2.22. The Morgan fingerprint density at radius 1 is 0.933 bits per heavy atom. The monoisotopic (exact) mass is 405 g/mol. The van der Waals surface area contributed by atoms with Gasteiger partial charge < -0.3 is 10.1 Å². The Bertz CT molecular complexity index is 884. The number of rotatable bonds is 11. The average molecular weight is 406 g/mol. The quantitative estimate of drug-likeness (QED) is 0.358. The molecular weight excluding hydrogens is 370 g/mol. The van der Waals surface area contributed by atoms with E-state index < -0.39 is 0 Å². The zero-order chi connectivity index (χ0) is 21.3. The Morgan fingerprint density at radius 2 is 1.63 bits per heavy atom. The molecule has 0 amide bonds. The second kappa shape index (κ2) is 10.9. The van der Waals surface area contributed by atoms with E-state index in [1.54, 1.807) is 0 Å². The van der Waals surface area contributed by atoms with Gasteiger partial charge in [0.2, 0.25) is 0 Å². The lowest BCUT2D eigenvalue weighted by atomic mass is 10.0.